The molecule has 1 atom stereocenters. The first-order valence-corrected chi connectivity index (χ1v) is 5.74. The quantitative estimate of drug-likeness (QED) is 0.789. The summed E-state index contributed by atoms with van der Waals surface area (Å²) in [6.45, 7) is 2.27. The Morgan fingerprint density at radius 2 is 2.07 bits per heavy atom. The maximum absolute atomic E-state index is 10.3. The number of fused-ring (bicyclic) bond motifs is 1. The standard InChI is InChI=1S/C13H19NO/c1-2-13(15,9-14)12-7-6-10-4-3-5-11(10)8-12/h6-8,15H,2-5,9,14H2,1H3. The van der Waals surface area contributed by atoms with Crippen molar-refractivity contribution < 1.29 is 5.11 Å². The zero-order chi connectivity index (χ0) is 10.9. The molecule has 0 aliphatic heterocycles. The molecule has 2 heteroatoms. The normalized spacial score (nSPS) is 18.6. The van der Waals surface area contributed by atoms with Gasteiger partial charge in [-0.15, -0.1) is 0 Å². The van der Waals surface area contributed by atoms with Crippen LogP contribution < -0.4 is 5.73 Å². The summed E-state index contributed by atoms with van der Waals surface area (Å²) in [6.07, 6.45) is 4.24. The minimum absolute atomic E-state index is 0.294. The lowest BCUT2D eigenvalue weighted by atomic mass is 9.89. The van der Waals surface area contributed by atoms with Crippen molar-refractivity contribution in [3.63, 3.8) is 0 Å². The third-order valence-corrected chi connectivity index (χ3v) is 3.56. The molecule has 0 fully saturated rings. The Labute approximate surface area is 91.1 Å². The topological polar surface area (TPSA) is 46.2 Å². The molecule has 0 amide bonds. The van der Waals surface area contributed by atoms with Crippen molar-refractivity contribution in [3.8, 4) is 0 Å². The predicted octanol–water partition coefficient (Wildman–Crippen LogP) is 1.73. The molecular weight excluding hydrogens is 186 g/mol. The molecule has 1 unspecified atom stereocenters. The fourth-order valence-corrected chi connectivity index (χ4v) is 2.33. The van der Waals surface area contributed by atoms with Gasteiger partial charge in [0.25, 0.3) is 0 Å². The highest BCUT2D eigenvalue weighted by Crippen LogP contribution is 2.29. The van der Waals surface area contributed by atoms with Crippen molar-refractivity contribution in [1.29, 1.82) is 0 Å². The molecule has 0 radical (unpaired) electrons. The van der Waals surface area contributed by atoms with Crippen molar-refractivity contribution in [2.45, 2.75) is 38.2 Å². The molecule has 1 aromatic carbocycles. The summed E-state index contributed by atoms with van der Waals surface area (Å²) in [6, 6.07) is 6.31. The second-order valence-electron chi connectivity index (χ2n) is 4.43. The fraction of sp³-hybridized carbons (Fsp3) is 0.538. The zero-order valence-corrected chi connectivity index (χ0v) is 9.29. The number of hydrogen-bond donors (Lipinski definition) is 2. The van der Waals surface area contributed by atoms with Crippen molar-refractivity contribution >= 4 is 0 Å². The van der Waals surface area contributed by atoms with Gasteiger partial charge in [-0.1, -0.05) is 25.1 Å². The lowest BCUT2D eigenvalue weighted by Gasteiger charge is -2.26. The SMILES string of the molecule is CCC(O)(CN)c1ccc2c(c1)CCC2. The Morgan fingerprint density at radius 1 is 1.33 bits per heavy atom. The Kier molecular flexibility index (Phi) is 2.81. The maximum atomic E-state index is 10.3. The minimum Gasteiger partial charge on any atom is -0.384 e. The molecule has 1 aliphatic rings. The summed E-state index contributed by atoms with van der Waals surface area (Å²) in [5.41, 5.74) is 8.62. The van der Waals surface area contributed by atoms with E-state index in [0.29, 0.717) is 13.0 Å². The Balaban J connectivity index is 2.37. The second kappa shape index (κ2) is 3.95. The molecule has 0 saturated heterocycles. The highest BCUT2D eigenvalue weighted by atomic mass is 16.3. The van der Waals surface area contributed by atoms with Crippen molar-refractivity contribution in [2.24, 2.45) is 5.73 Å². The van der Waals surface area contributed by atoms with Gasteiger partial charge in [-0.3, -0.25) is 0 Å². The van der Waals surface area contributed by atoms with Gasteiger partial charge in [-0.05, 0) is 42.4 Å². The number of hydrogen-bond acceptors (Lipinski definition) is 2. The largest absolute Gasteiger partial charge is 0.384 e. The number of nitrogens with two attached hydrogens (primary N) is 1. The molecule has 3 N–H and O–H groups in total. The van der Waals surface area contributed by atoms with Crippen molar-refractivity contribution in [1.82, 2.24) is 0 Å². The molecule has 0 heterocycles. The van der Waals surface area contributed by atoms with Crippen LogP contribution >= 0.6 is 0 Å². The third kappa shape index (κ3) is 1.80. The second-order valence-corrected chi connectivity index (χ2v) is 4.43. The van der Waals surface area contributed by atoms with Crippen LogP contribution in [0.5, 0.6) is 0 Å². The minimum atomic E-state index is -0.836. The van der Waals surface area contributed by atoms with Gasteiger partial charge < -0.3 is 10.8 Å². The van der Waals surface area contributed by atoms with Gasteiger partial charge in [-0.25, -0.2) is 0 Å². The van der Waals surface area contributed by atoms with Crippen LogP contribution in [0.4, 0.5) is 0 Å². The average Bonchev–Trinajstić information content (AvgIpc) is 2.74. The molecule has 0 saturated carbocycles. The number of aryl methyl sites for hydroxylation is 2. The van der Waals surface area contributed by atoms with E-state index < -0.39 is 5.60 Å². The first-order valence-electron chi connectivity index (χ1n) is 5.74. The van der Waals surface area contributed by atoms with Crippen LogP contribution in [0.25, 0.3) is 0 Å². The van der Waals surface area contributed by atoms with Gasteiger partial charge in [0.05, 0.1) is 0 Å². The molecule has 1 aromatic rings. The average molecular weight is 205 g/mol. The fourth-order valence-electron chi connectivity index (χ4n) is 2.33. The van der Waals surface area contributed by atoms with E-state index in [-0.39, 0.29) is 0 Å². The summed E-state index contributed by atoms with van der Waals surface area (Å²) < 4.78 is 0. The Morgan fingerprint density at radius 3 is 2.73 bits per heavy atom. The summed E-state index contributed by atoms with van der Waals surface area (Å²) in [5, 5.41) is 10.3. The lowest BCUT2D eigenvalue weighted by molar-refractivity contribution is 0.0418. The highest BCUT2D eigenvalue weighted by molar-refractivity contribution is 5.37. The summed E-state index contributed by atoms with van der Waals surface area (Å²) in [4.78, 5) is 0. The molecule has 15 heavy (non-hydrogen) atoms. The van der Waals surface area contributed by atoms with E-state index in [1.54, 1.807) is 0 Å². The van der Waals surface area contributed by atoms with Crippen LogP contribution in [-0.4, -0.2) is 11.7 Å². The van der Waals surface area contributed by atoms with Crippen LogP contribution in [-0.2, 0) is 18.4 Å². The Bertz CT molecular complexity index is 356. The van der Waals surface area contributed by atoms with Gasteiger partial charge in [0.15, 0.2) is 0 Å². The van der Waals surface area contributed by atoms with E-state index in [2.05, 4.69) is 12.1 Å². The first-order chi connectivity index (χ1) is 7.19. The molecule has 82 valence electrons. The smallest absolute Gasteiger partial charge is 0.102 e. The predicted molar refractivity (Wildman–Crippen MR) is 61.7 cm³/mol. The van der Waals surface area contributed by atoms with Gasteiger partial charge in [0, 0.05) is 6.54 Å². The molecule has 0 spiro atoms. The van der Waals surface area contributed by atoms with E-state index in [1.165, 1.54) is 24.0 Å². The molecule has 0 aromatic heterocycles. The molecule has 2 nitrogen and oxygen atoms in total. The van der Waals surface area contributed by atoms with E-state index in [4.69, 9.17) is 5.73 Å². The number of benzene rings is 1. The van der Waals surface area contributed by atoms with Crippen LogP contribution in [0.1, 0.15) is 36.5 Å². The summed E-state index contributed by atoms with van der Waals surface area (Å²) >= 11 is 0. The zero-order valence-electron chi connectivity index (χ0n) is 9.29. The first kappa shape index (κ1) is 10.7. The monoisotopic (exact) mass is 205 g/mol. The van der Waals surface area contributed by atoms with Crippen LogP contribution in [0.3, 0.4) is 0 Å². The number of rotatable bonds is 3. The van der Waals surface area contributed by atoms with Crippen molar-refractivity contribution in [2.75, 3.05) is 6.54 Å². The lowest BCUT2D eigenvalue weighted by Crippen LogP contribution is -2.34. The highest BCUT2D eigenvalue weighted by Gasteiger charge is 2.26. The van der Waals surface area contributed by atoms with E-state index in [9.17, 15) is 5.11 Å². The van der Waals surface area contributed by atoms with Crippen LogP contribution in [0.2, 0.25) is 0 Å². The van der Waals surface area contributed by atoms with Gasteiger partial charge in [0.2, 0.25) is 0 Å². The molecule has 0 bridgehead atoms. The van der Waals surface area contributed by atoms with E-state index in [0.717, 1.165) is 12.0 Å². The van der Waals surface area contributed by atoms with Crippen molar-refractivity contribution in [3.05, 3.63) is 34.9 Å². The van der Waals surface area contributed by atoms with E-state index in [1.807, 2.05) is 13.0 Å². The summed E-state index contributed by atoms with van der Waals surface area (Å²) in [5.74, 6) is 0. The van der Waals surface area contributed by atoms with Crippen LogP contribution in [0, 0.1) is 0 Å². The summed E-state index contributed by atoms with van der Waals surface area (Å²) in [7, 11) is 0. The molecule has 2 rings (SSSR count). The number of aliphatic hydroxyl groups is 1. The van der Waals surface area contributed by atoms with E-state index >= 15 is 0 Å². The maximum Gasteiger partial charge on any atom is 0.102 e. The molecular formula is C13H19NO. The third-order valence-electron chi connectivity index (χ3n) is 3.56. The van der Waals surface area contributed by atoms with Gasteiger partial charge in [0.1, 0.15) is 5.60 Å². The van der Waals surface area contributed by atoms with Gasteiger partial charge in [-0.2, -0.15) is 0 Å². The molecule has 1 aliphatic carbocycles. The van der Waals surface area contributed by atoms with Gasteiger partial charge >= 0.3 is 0 Å². The van der Waals surface area contributed by atoms with Crippen LogP contribution in [0.15, 0.2) is 18.2 Å². The Hall–Kier alpha value is -0.860.